The van der Waals surface area contributed by atoms with Crippen LogP contribution in [0.4, 0.5) is 0 Å². The minimum absolute atomic E-state index is 0.167. The average molecular weight is 749 g/mol. The van der Waals surface area contributed by atoms with Gasteiger partial charge in [-0.15, -0.1) is 0 Å². The lowest BCUT2D eigenvalue weighted by Gasteiger charge is -2.46. The molecule has 1 aliphatic heterocycles. The van der Waals surface area contributed by atoms with E-state index in [1.807, 2.05) is 165 Å². The highest BCUT2D eigenvalue weighted by atomic mass is 16.6. The van der Waals surface area contributed by atoms with E-state index in [0.29, 0.717) is 42.4 Å². The lowest BCUT2D eigenvalue weighted by Crippen LogP contribution is -2.56. The number of rotatable bonds is 17. The van der Waals surface area contributed by atoms with Crippen molar-refractivity contribution in [3.63, 3.8) is 0 Å². The van der Waals surface area contributed by atoms with Crippen molar-refractivity contribution in [3.8, 4) is 11.5 Å². The van der Waals surface area contributed by atoms with E-state index in [1.165, 1.54) is 0 Å². The molecule has 1 fully saturated rings. The van der Waals surface area contributed by atoms with Gasteiger partial charge in [0.1, 0.15) is 49.1 Å². The van der Waals surface area contributed by atoms with Crippen LogP contribution in [0.2, 0.25) is 0 Å². The molecule has 7 heteroatoms. The van der Waals surface area contributed by atoms with E-state index < -0.39 is 30.5 Å². The SMILES string of the molecule is CC(=O)c1c(OCc2ccccc2)cc(OCc2ccccc2)cc1[C@@H]1O[C@H](C)[C@@H](OCc2ccccc2)[C@H](OCc2ccccc2)[C@H]1OCc1ccccc1. The Morgan fingerprint density at radius 1 is 0.500 bits per heavy atom. The van der Waals surface area contributed by atoms with Gasteiger partial charge in [0.2, 0.25) is 0 Å². The topological polar surface area (TPSA) is 72.5 Å². The van der Waals surface area contributed by atoms with Gasteiger partial charge in [-0.25, -0.2) is 0 Å². The summed E-state index contributed by atoms with van der Waals surface area (Å²) in [7, 11) is 0. The highest BCUT2D eigenvalue weighted by Crippen LogP contribution is 2.43. The summed E-state index contributed by atoms with van der Waals surface area (Å²) in [5.41, 5.74) is 6.04. The van der Waals surface area contributed by atoms with Crippen molar-refractivity contribution in [1.29, 1.82) is 0 Å². The second-order valence-electron chi connectivity index (χ2n) is 14.0. The third kappa shape index (κ3) is 10.2. The maximum atomic E-state index is 13.8. The van der Waals surface area contributed by atoms with Gasteiger partial charge >= 0.3 is 0 Å². The lowest BCUT2D eigenvalue weighted by molar-refractivity contribution is -0.263. The fourth-order valence-corrected chi connectivity index (χ4v) is 7.05. The molecule has 0 aliphatic carbocycles. The van der Waals surface area contributed by atoms with E-state index in [9.17, 15) is 4.79 Å². The molecule has 0 aromatic heterocycles. The van der Waals surface area contributed by atoms with Crippen molar-refractivity contribution in [2.24, 2.45) is 0 Å². The molecular formula is C49H48O7. The van der Waals surface area contributed by atoms with Gasteiger partial charge in [-0.2, -0.15) is 0 Å². The van der Waals surface area contributed by atoms with Crippen molar-refractivity contribution in [2.45, 2.75) is 77.4 Å². The summed E-state index contributed by atoms with van der Waals surface area (Å²) in [6.07, 6.45) is -3.03. The van der Waals surface area contributed by atoms with E-state index >= 15 is 0 Å². The van der Waals surface area contributed by atoms with E-state index in [2.05, 4.69) is 0 Å². The minimum atomic E-state index is -0.760. The van der Waals surface area contributed by atoms with Crippen LogP contribution in [0.5, 0.6) is 11.5 Å². The summed E-state index contributed by atoms with van der Waals surface area (Å²) in [5.74, 6) is 0.781. The van der Waals surface area contributed by atoms with Crippen LogP contribution >= 0.6 is 0 Å². The molecule has 286 valence electrons. The fraction of sp³-hybridized carbons (Fsp3) is 0.245. The quantitative estimate of drug-likeness (QED) is 0.0860. The Balaban J connectivity index is 1.31. The Morgan fingerprint density at radius 3 is 1.34 bits per heavy atom. The number of benzene rings is 6. The van der Waals surface area contributed by atoms with Crippen LogP contribution in [0.25, 0.3) is 0 Å². The van der Waals surface area contributed by atoms with Gasteiger partial charge < -0.3 is 28.4 Å². The minimum Gasteiger partial charge on any atom is -0.489 e. The highest BCUT2D eigenvalue weighted by Gasteiger charge is 2.48. The van der Waals surface area contributed by atoms with Crippen molar-refractivity contribution in [1.82, 2.24) is 0 Å². The standard InChI is InChI=1S/C49H48O7/c1-35(50)45-43(28-42(51-30-37-18-8-3-9-19-37)29-44(45)52-31-38-20-10-4-11-21-38)47-49(55-34-41-26-16-7-17-27-41)48(54-33-40-24-14-6-15-25-40)46(36(2)56-47)53-32-39-22-12-5-13-23-39/h3-29,36,46-49H,30-34H2,1-2H3/t36-,46-,47+,48+,49+/m1/s1. The molecule has 7 rings (SSSR count). The van der Waals surface area contributed by atoms with Crippen LogP contribution in [0.15, 0.2) is 164 Å². The second kappa shape index (κ2) is 19.3. The molecule has 6 aromatic rings. The first-order valence-corrected chi connectivity index (χ1v) is 19.2. The number of carbonyl (C=O) groups is 1. The van der Waals surface area contributed by atoms with Crippen LogP contribution in [-0.2, 0) is 52.0 Å². The molecule has 0 unspecified atom stereocenters. The number of hydrogen-bond donors (Lipinski definition) is 0. The van der Waals surface area contributed by atoms with Crippen molar-refractivity contribution >= 4 is 5.78 Å². The number of ketones is 1. The summed E-state index contributed by atoms with van der Waals surface area (Å²) in [6.45, 7) is 5.10. The molecule has 0 saturated carbocycles. The number of ether oxygens (including phenoxy) is 6. The first-order valence-electron chi connectivity index (χ1n) is 19.2. The predicted octanol–water partition coefficient (Wildman–Crippen LogP) is 10.3. The van der Waals surface area contributed by atoms with E-state index in [1.54, 1.807) is 13.0 Å². The molecule has 0 N–H and O–H groups in total. The Hall–Kier alpha value is -5.57. The van der Waals surface area contributed by atoms with Crippen LogP contribution in [0.3, 0.4) is 0 Å². The molecule has 1 heterocycles. The normalized spacial score (nSPS) is 19.3. The summed E-state index contributed by atoms with van der Waals surface area (Å²) in [4.78, 5) is 13.8. The molecule has 0 spiro atoms. The first-order chi connectivity index (χ1) is 27.5. The summed E-state index contributed by atoms with van der Waals surface area (Å²) >= 11 is 0. The van der Waals surface area contributed by atoms with Crippen LogP contribution in [0.1, 0.15) is 63.7 Å². The predicted molar refractivity (Wildman–Crippen MR) is 216 cm³/mol. The Kier molecular flexibility index (Phi) is 13.4. The second-order valence-corrected chi connectivity index (χ2v) is 14.0. The number of hydrogen-bond acceptors (Lipinski definition) is 7. The molecule has 56 heavy (non-hydrogen) atoms. The zero-order valence-corrected chi connectivity index (χ0v) is 31.9. The van der Waals surface area contributed by atoms with Crippen molar-refractivity contribution in [3.05, 3.63) is 203 Å². The smallest absolute Gasteiger partial charge is 0.163 e. The van der Waals surface area contributed by atoms with E-state index in [-0.39, 0.29) is 19.0 Å². The summed E-state index contributed by atoms with van der Waals surface area (Å²) in [5, 5.41) is 0. The number of Topliss-reactive ketones (excluding diaryl/α,β-unsaturated/α-hetero) is 1. The molecule has 1 aliphatic rings. The van der Waals surface area contributed by atoms with Crippen molar-refractivity contribution < 1.29 is 33.2 Å². The molecule has 6 aromatic carbocycles. The molecule has 1 saturated heterocycles. The van der Waals surface area contributed by atoms with Crippen molar-refractivity contribution in [2.75, 3.05) is 0 Å². The zero-order chi connectivity index (χ0) is 38.5. The first kappa shape index (κ1) is 38.7. The lowest BCUT2D eigenvalue weighted by atomic mass is 9.87. The highest BCUT2D eigenvalue weighted by molar-refractivity contribution is 5.99. The monoisotopic (exact) mass is 748 g/mol. The van der Waals surface area contributed by atoms with Gasteiger partial charge in [-0.3, -0.25) is 4.79 Å². The molecule has 5 atom stereocenters. The Morgan fingerprint density at radius 2 is 0.893 bits per heavy atom. The van der Waals surface area contributed by atoms with Gasteiger partial charge in [0.25, 0.3) is 0 Å². The van der Waals surface area contributed by atoms with E-state index in [4.69, 9.17) is 28.4 Å². The third-order valence-corrected chi connectivity index (χ3v) is 9.88. The molecule has 0 radical (unpaired) electrons. The maximum Gasteiger partial charge on any atom is 0.163 e. The van der Waals surface area contributed by atoms with Gasteiger partial charge in [-0.1, -0.05) is 152 Å². The van der Waals surface area contributed by atoms with Gasteiger partial charge in [0, 0.05) is 11.6 Å². The van der Waals surface area contributed by atoms with Gasteiger partial charge in [-0.05, 0) is 47.7 Å². The molecule has 7 nitrogen and oxygen atoms in total. The summed E-state index contributed by atoms with van der Waals surface area (Å²) < 4.78 is 40.4. The molecule has 0 amide bonds. The molecule has 0 bridgehead atoms. The fourth-order valence-electron chi connectivity index (χ4n) is 7.05. The average Bonchev–Trinajstić information content (AvgIpc) is 3.24. The van der Waals surface area contributed by atoms with Gasteiger partial charge in [0.05, 0.1) is 31.5 Å². The van der Waals surface area contributed by atoms with Crippen LogP contribution in [-0.4, -0.2) is 30.2 Å². The Labute approximate surface area is 329 Å². The largest absolute Gasteiger partial charge is 0.489 e. The Bertz CT molecular complexity index is 2090. The molecular weight excluding hydrogens is 701 g/mol. The van der Waals surface area contributed by atoms with Gasteiger partial charge in [0.15, 0.2) is 5.78 Å². The van der Waals surface area contributed by atoms with Crippen LogP contribution < -0.4 is 9.47 Å². The zero-order valence-electron chi connectivity index (χ0n) is 31.9. The van der Waals surface area contributed by atoms with E-state index in [0.717, 1.165) is 27.8 Å². The van der Waals surface area contributed by atoms with Crippen LogP contribution in [0, 0.1) is 0 Å². The third-order valence-electron chi connectivity index (χ3n) is 9.88. The summed E-state index contributed by atoms with van der Waals surface area (Å²) in [6, 6.07) is 53.7. The maximum absolute atomic E-state index is 13.8. The number of carbonyl (C=O) groups excluding carboxylic acids is 1.